The topological polar surface area (TPSA) is 219 Å². The number of amides is 3. The van der Waals surface area contributed by atoms with Crippen LogP contribution in [0.15, 0.2) is 67.0 Å². The van der Waals surface area contributed by atoms with Crippen molar-refractivity contribution in [2.75, 3.05) is 42.9 Å². The molecule has 0 radical (unpaired) electrons. The van der Waals surface area contributed by atoms with Crippen LogP contribution in [0.3, 0.4) is 0 Å². The molecule has 2 aromatic carbocycles. The van der Waals surface area contributed by atoms with Crippen LogP contribution in [-0.2, 0) is 15.0 Å². The van der Waals surface area contributed by atoms with E-state index in [1.807, 2.05) is 36.4 Å². The number of anilines is 2. The van der Waals surface area contributed by atoms with Gasteiger partial charge in [0.1, 0.15) is 12.2 Å². The fourth-order valence-corrected chi connectivity index (χ4v) is 7.64. The van der Waals surface area contributed by atoms with Crippen molar-refractivity contribution < 1.29 is 42.9 Å². The number of aliphatic hydroxyl groups excluding tert-OH is 2. The molecule has 7 rings (SSSR count). The van der Waals surface area contributed by atoms with Crippen molar-refractivity contribution in [3.05, 3.63) is 78.1 Å². The Kier molecular flexibility index (Phi) is 13.0. The summed E-state index contributed by atoms with van der Waals surface area (Å²) in [4.78, 5) is 50.7. The lowest BCUT2D eigenvalue weighted by atomic mass is 9.76. The number of imidazole rings is 1. The summed E-state index contributed by atoms with van der Waals surface area (Å²) in [7, 11) is 0. The largest absolute Gasteiger partial charge is 0.490 e. The monoisotopic (exact) mass is 810 g/mol. The summed E-state index contributed by atoms with van der Waals surface area (Å²) in [5.41, 5.74) is 2.89. The van der Waals surface area contributed by atoms with Crippen LogP contribution in [0.4, 0.5) is 29.7 Å². The highest BCUT2D eigenvalue weighted by molar-refractivity contribution is 5.85. The Balaban J connectivity index is 0.000000743. The predicted octanol–water partition coefficient (Wildman–Crippen LogP) is 2.68. The van der Waals surface area contributed by atoms with Crippen LogP contribution in [-0.4, -0.2) is 122 Å². The maximum absolute atomic E-state index is 12.8. The summed E-state index contributed by atoms with van der Waals surface area (Å²) in [6.07, 6.45) is -3.52. The van der Waals surface area contributed by atoms with Crippen molar-refractivity contribution >= 4 is 40.8 Å². The van der Waals surface area contributed by atoms with E-state index >= 15 is 0 Å². The molecule has 2 aromatic heterocycles. The number of hydrogen-bond acceptors (Lipinski definition) is 11. The van der Waals surface area contributed by atoms with Crippen molar-refractivity contribution in [3.63, 3.8) is 0 Å². The number of aromatic nitrogens is 4. The second kappa shape index (κ2) is 17.9. The third-order valence-corrected chi connectivity index (χ3v) is 11.0. The lowest BCUT2D eigenvalue weighted by Crippen LogP contribution is -2.47. The zero-order valence-electron chi connectivity index (χ0n) is 32.1. The molecule has 19 heteroatoms. The molecule has 3 fully saturated rings. The Labute approximate surface area is 332 Å². The first kappa shape index (κ1) is 42.1. The molecule has 8 N–H and O–H groups in total. The summed E-state index contributed by atoms with van der Waals surface area (Å²) >= 11 is 0. The van der Waals surface area contributed by atoms with Gasteiger partial charge in [0.2, 0.25) is 11.9 Å². The first-order valence-corrected chi connectivity index (χ1v) is 19.3. The van der Waals surface area contributed by atoms with Crippen LogP contribution in [0.2, 0.25) is 0 Å². The van der Waals surface area contributed by atoms with E-state index in [2.05, 4.69) is 62.7 Å². The van der Waals surface area contributed by atoms with E-state index in [1.165, 1.54) is 0 Å². The van der Waals surface area contributed by atoms with Crippen LogP contribution in [0.1, 0.15) is 56.7 Å². The van der Waals surface area contributed by atoms with Crippen molar-refractivity contribution in [3.8, 4) is 0 Å². The Hall–Kier alpha value is -5.53. The van der Waals surface area contributed by atoms with Gasteiger partial charge in [-0.1, -0.05) is 67.6 Å². The number of alkyl halides is 3. The van der Waals surface area contributed by atoms with E-state index in [0.29, 0.717) is 49.0 Å². The minimum Gasteiger partial charge on any atom is -0.475 e. The van der Waals surface area contributed by atoms with E-state index in [0.717, 1.165) is 37.1 Å². The number of rotatable bonds is 11. The highest BCUT2D eigenvalue weighted by Gasteiger charge is 2.44. The van der Waals surface area contributed by atoms with Gasteiger partial charge < -0.3 is 51.4 Å². The highest BCUT2D eigenvalue weighted by atomic mass is 19.4. The van der Waals surface area contributed by atoms with Gasteiger partial charge in [-0.3, -0.25) is 4.79 Å². The number of carbonyl (C=O) groups excluding carboxylic acids is 2. The number of nitrogens with zero attached hydrogens (tertiary/aromatic N) is 5. The van der Waals surface area contributed by atoms with Crippen molar-refractivity contribution in [2.45, 2.75) is 87.5 Å². The van der Waals surface area contributed by atoms with Crippen molar-refractivity contribution in [1.82, 2.24) is 40.8 Å². The predicted molar refractivity (Wildman–Crippen MR) is 208 cm³/mol. The molecule has 2 saturated heterocycles. The maximum Gasteiger partial charge on any atom is 0.490 e. The van der Waals surface area contributed by atoms with Gasteiger partial charge in [0.25, 0.3) is 0 Å². The minimum atomic E-state index is -5.08. The zero-order valence-corrected chi connectivity index (χ0v) is 32.1. The summed E-state index contributed by atoms with van der Waals surface area (Å²) in [5.74, 6) is -1.93. The van der Waals surface area contributed by atoms with Crippen molar-refractivity contribution in [2.24, 2.45) is 0 Å². The first-order chi connectivity index (χ1) is 27.7. The highest BCUT2D eigenvalue weighted by Crippen LogP contribution is 2.37. The number of fused-ring (bicyclic) bond motifs is 1. The SMILES string of the molecule is CCC(=O)N[C@H]1C[C@@H](n2cnc3c(NCC(C)(c4ccccc4)c4ccccc4)nc(N4CC[C@@H](NC(=O)N[C@@H]5CCNC5)C4)nc32)[C@H](O)[C@@H]1O.O=C(O)C(F)(F)F. The molecule has 3 amide bonds. The Morgan fingerprint density at radius 3 is 2.14 bits per heavy atom. The molecule has 312 valence electrons. The molecule has 1 saturated carbocycles. The van der Waals surface area contributed by atoms with Crippen LogP contribution < -0.4 is 31.5 Å². The number of aliphatic hydroxyl groups is 2. The normalized spacial score (nSPS) is 23.3. The van der Waals surface area contributed by atoms with Gasteiger partial charge in [-0.25, -0.2) is 14.6 Å². The van der Waals surface area contributed by atoms with Gasteiger partial charge in [-0.15, -0.1) is 0 Å². The van der Waals surface area contributed by atoms with E-state index < -0.39 is 41.9 Å². The molecule has 1 aliphatic carbocycles. The number of hydrogen-bond donors (Lipinski definition) is 8. The van der Waals surface area contributed by atoms with Crippen LogP contribution in [0, 0.1) is 0 Å². The standard InChI is InChI=1S/C37H48N10O4.C2HF3O2/c1-3-29(48)43-27-18-28(32(50)31(27)49)47-22-40-30-33(39-21-37(2,23-10-6-4-7-11-23)24-12-8-5-9-13-24)44-35(45-34(30)47)46-17-15-26(20-46)42-36(51)41-25-14-16-38-19-25;3-2(4,5)1(6)7/h4-13,22,25-28,31-32,38,49-50H,3,14-21H2,1-2H3,(H,43,48)(H,39,44,45)(H2,41,42,51);(H,6,7)/t25-,26-,27+,28-,31-,32+;/m1./s1. The van der Waals surface area contributed by atoms with Gasteiger partial charge in [-0.05, 0) is 43.9 Å². The molecule has 0 bridgehead atoms. The Morgan fingerprint density at radius 1 is 0.914 bits per heavy atom. The number of carbonyl (C=O) groups is 3. The molecular formula is C39H49F3N10O6. The second-order valence-electron chi connectivity index (χ2n) is 15.0. The smallest absolute Gasteiger partial charge is 0.475 e. The van der Waals surface area contributed by atoms with Crippen molar-refractivity contribution in [1.29, 1.82) is 0 Å². The number of carboxylic acid groups (broad SMARTS) is 1. The molecular weight excluding hydrogens is 761 g/mol. The average molecular weight is 811 g/mol. The van der Waals surface area contributed by atoms with E-state index in [9.17, 15) is 33.0 Å². The Bertz CT molecular complexity index is 1990. The number of carboxylic acids is 1. The van der Waals surface area contributed by atoms with Gasteiger partial charge in [-0.2, -0.15) is 23.1 Å². The van der Waals surface area contributed by atoms with E-state index in [4.69, 9.17) is 24.9 Å². The summed E-state index contributed by atoms with van der Waals surface area (Å²) in [6.45, 7) is 7.28. The number of aliphatic carboxylic acids is 1. The summed E-state index contributed by atoms with van der Waals surface area (Å²) < 4.78 is 33.5. The molecule has 58 heavy (non-hydrogen) atoms. The summed E-state index contributed by atoms with van der Waals surface area (Å²) in [6, 6.07) is 19.4. The van der Waals surface area contributed by atoms with Gasteiger partial charge in [0, 0.05) is 50.1 Å². The number of urea groups is 1. The zero-order chi connectivity index (χ0) is 41.6. The first-order valence-electron chi connectivity index (χ1n) is 19.3. The van der Waals surface area contributed by atoms with Gasteiger partial charge in [0.15, 0.2) is 17.0 Å². The lowest BCUT2D eigenvalue weighted by molar-refractivity contribution is -0.192. The third-order valence-electron chi connectivity index (χ3n) is 11.0. The van der Waals surface area contributed by atoms with Crippen LogP contribution in [0.25, 0.3) is 11.2 Å². The number of halogens is 3. The molecule has 0 spiro atoms. The molecule has 6 atom stereocenters. The van der Waals surface area contributed by atoms with Gasteiger partial charge >= 0.3 is 18.2 Å². The molecule has 3 aliphatic rings. The quantitative estimate of drug-likeness (QED) is 0.110. The number of benzene rings is 2. The van der Waals surface area contributed by atoms with E-state index in [-0.39, 0.29) is 30.4 Å². The van der Waals surface area contributed by atoms with Crippen LogP contribution in [0.5, 0.6) is 0 Å². The minimum absolute atomic E-state index is 0.0887. The fraction of sp³-hybridized carbons (Fsp3) is 0.487. The molecule has 2 aliphatic heterocycles. The average Bonchev–Trinajstić information content (AvgIpc) is 4.04. The summed E-state index contributed by atoms with van der Waals surface area (Å²) in [5, 5.41) is 45.2. The lowest BCUT2D eigenvalue weighted by Gasteiger charge is -2.31. The Morgan fingerprint density at radius 2 is 1.55 bits per heavy atom. The fourth-order valence-electron chi connectivity index (χ4n) is 7.64. The van der Waals surface area contributed by atoms with Crippen LogP contribution >= 0.6 is 0 Å². The third kappa shape index (κ3) is 9.59. The second-order valence-corrected chi connectivity index (χ2v) is 15.0. The number of nitrogens with one attached hydrogen (secondary N) is 5. The molecule has 4 heterocycles. The maximum atomic E-state index is 12.8. The molecule has 4 aromatic rings. The molecule has 16 nitrogen and oxygen atoms in total. The molecule has 0 unspecified atom stereocenters. The van der Waals surface area contributed by atoms with E-state index in [1.54, 1.807) is 17.8 Å². The van der Waals surface area contributed by atoms with Gasteiger partial charge in [0.05, 0.1) is 18.4 Å².